The van der Waals surface area contributed by atoms with Gasteiger partial charge in [0.2, 0.25) is 5.82 Å². The fourth-order valence-corrected chi connectivity index (χ4v) is 6.15. The molecule has 1 aromatic carbocycles. The molecule has 3 fully saturated rings. The number of benzene rings is 1. The smallest absolute Gasteiger partial charge is 0.259 e. The SMILES string of the molecule is COC1(c2noc(-c3cncc([C@@](O)(c4ccc(C5CC5)cc4)C4(C)CN(C)C4)c3)n2)CCOCC1. The zero-order valence-corrected chi connectivity index (χ0v) is 21.2. The maximum absolute atomic E-state index is 12.5. The van der Waals surface area contributed by atoms with Gasteiger partial charge in [0.15, 0.2) is 0 Å². The van der Waals surface area contributed by atoms with Crippen LogP contribution in [0.15, 0.2) is 47.2 Å². The molecule has 1 N–H and O–H groups in total. The summed E-state index contributed by atoms with van der Waals surface area (Å²) < 4.78 is 17.0. The first-order chi connectivity index (χ1) is 17.4. The van der Waals surface area contributed by atoms with Crippen LogP contribution in [-0.4, -0.2) is 65.6 Å². The number of hydrogen-bond donors (Lipinski definition) is 1. The molecule has 0 bridgehead atoms. The quantitative estimate of drug-likeness (QED) is 0.534. The monoisotopic (exact) mass is 490 g/mol. The molecule has 8 nitrogen and oxygen atoms in total. The van der Waals surface area contributed by atoms with Crippen LogP contribution in [-0.2, 0) is 20.7 Å². The number of hydrogen-bond acceptors (Lipinski definition) is 8. The summed E-state index contributed by atoms with van der Waals surface area (Å²) in [6, 6.07) is 10.4. The normalized spacial score (nSPS) is 23.1. The minimum Gasteiger partial charge on any atom is -0.381 e. The Kier molecular flexibility index (Phi) is 5.75. The molecule has 0 radical (unpaired) electrons. The van der Waals surface area contributed by atoms with Crippen molar-refractivity contribution in [3.63, 3.8) is 0 Å². The van der Waals surface area contributed by atoms with Crippen molar-refractivity contribution in [3.05, 3.63) is 65.2 Å². The number of ether oxygens (including phenoxy) is 2. The third-order valence-corrected chi connectivity index (χ3v) is 8.42. The summed E-state index contributed by atoms with van der Waals surface area (Å²) in [7, 11) is 3.75. The summed E-state index contributed by atoms with van der Waals surface area (Å²) in [4.78, 5) is 11.4. The van der Waals surface area contributed by atoms with Gasteiger partial charge in [0, 0.05) is 69.6 Å². The van der Waals surface area contributed by atoms with Crippen molar-refractivity contribution < 1.29 is 19.1 Å². The Bertz CT molecular complexity index is 1230. The Morgan fingerprint density at radius 2 is 1.81 bits per heavy atom. The highest BCUT2D eigenvalue weighted by Gasteiger charge is 2.55. The summed E-state index contributed by atoms with van der Waals surface area (Å²) in [6.45, 7) is 4.89. The Morgan fingerprint density at radius 3 is 2.44 bits per heavy atom. The molecule has 3 aliphatic rings. The van der Waals surface area contributed by atoms with E-state index in [-0.39, 0.29) is 5.41 Å². The molecular formula is C28H34N4O4. The molecule has 4 heterocycles. The van der Waals surface area contributed by atoms with Crippen molar-refractivity contribution in [1.29, 1.82) is 0 Å². The zero-order valence-electron chi connectivity index (χ0n) is 21.2. The predicted molar refractivity (Wildman–Crippen MR) is 133 cm³/mol. The van der Waals surface area contributed by atoms with E-state index < -0.39 is 11.2 Å². The molecule has 2 aliphatic heterocycles. The average Bonchev–Trinajstić information content (AvgIpc) is 3.63. The third kappa shape index (κ3) is 3.78. The fraction of sp³-hybridized carbons (Fsp3) is 0.536. The lowest BCUT2D eigenvalue weighted by atomic mass is 9.62. The minimum atomic E-state index is -1.22. The van der Waals surface area contributed by atoms with Gasteiger partial charge in [0.1, 0.15) is 11.2 Å². The standard InChI is InChI=1S/C28H34N4O4/c1-26(17-32(2)18-26)28(33,22-8-6-20(7-9-22)19-4-5-19)23-14-21(15-29-16-23)24-30-25(31-36-24)27(34-3)10-12-35-13-11-27/h6-9,14-16,19,33H,4-5,10-13,17-18H2,1-3H3/t28-/m0/s1. The van der Waals surface area contributed by atoms with Crippen LogP contribution in [0.5, 0.6) is 0 Å². The summed E-state index contributed by atoms with van der Waals surface area (Å²) in [6.07, 6.45) is 7.31. The van der Waals surface area contributed by atoms with Gasteiger partial charge in [-0.1, -0.05) is 36.3 Å². The van der Waals surface area contributed by atoms with Gasteiger partial charge in [-0.05, 0) is 43.0 Å². The number of nitrogens with zero attached hydrogens (tertiary/aromatic N) is 4. The van der Waals surface area contributed by atoms with Crippen molar-refractivity contribution in [3.8, 4) is 11.5 Å². The largest absolute Gasteiger partial charge is 0.381 e. The maximum atomic E-state index is 12.5. The first kappa shape index (κ1) is 23.7. The number of aliphatic hydroxyl groups is 1. The van der Waals surface area contributed by atoms with Crippen LogP contribution in [0.3, 0.4) is 0 Å². The maximum Gasteiger partial charge on any atom is 0.259 e. The minimum absolute atomic E-state index is 0.365. The van der Waals surface area contributed by atoms with Crippen molar-refractivity contribution >= 4 is 0 Å². The zero-order chi connectivity index (χ0) is 25.0. The van der Waals surface area contributed by atoms with Crippen LogP contribution in [0, 0.1) is 5.41 Å². The van der Waals surface area contributed by atoms with E-state index >= 15 is 0 Å². The van der Waals surface area contributed by atoms with Gasteiger partial charge in [0.25, 0.3) is 5.89 Å². The molecule has 6 rings (SSSR count). The summed E-state index contributed by atoms with van der Waals surface area (Å²) in [5.41, 5.74) is 1.43. The van der Waals surface area contributed by atoms with Crippen LogP contribution in [0.2, 0.25) is 0 Å². The Balaban J connectivity index is 1.38. The molecule has 1 atom stereocenters. The topological polar surface area (TPSA) is 93.7 Å². The van der Waals surface area contributed by atoms with E-state index in [4.69, 9.17) is 19.0 Å². The van der Waals surface area contributed by atoms with Crippen LogP contribution < -0.4 is 0 Å². The molecule has 190 valence electrons. The number of rotatable bonds is 7. The van der Waals surface area contributed by atoms with E-state index in [2.05, 4.69) is 53.3 Å². The number of pyridine rings is 1. The molecule has 2 aromatic heterocycles. The molecule has 0 amide bonds. The van der Waals surface area contributed by atoms with Crippen LogP contribution in [0.25, 0.3) is 11.5 Å². The van der Waals surface area contributed by atoms with Crippen molar-refractivity contribution in [2.24, 2.45) is 5.41 Å². The molecular weight excluding hydrogens is 456 g/mol. The van der Waals surface area contributed by atoms with Gasteiger partial charge in [-0.15, -0.1) is 0 Å². The lowest BCUT2D eigenvalue weighted by Gasteiger charge is -2.55. The summed E-state index contributed by atoms with van der Waals surface area (Å²) in [5.74, 6) is 1.55. The van der Waals surface area contributed by atoms with Gasteiger partial charge >= 0.3 is 0 Å². The first-order valence-corrected chi connectivity index (χ1v) is 12.8. The Hall–Kier alpha value is -2.65. The van der Waals surface area contributed by atoms with E-state index in [1.54, 1.807) is 19.5 Å². The molecule has 2 saturated heterocycles. The van der Waals surface area contributed by atoms with Gasteiger partial charge in [-0.25, -0.2) is 0 Å². The molecule has 0 spiro atoms. The lowest BCUT2D eigenvalue weighted by molar-refractivity contribution is -0.127. The van der Waals surface area contributed by atoms with Crippen LogP contribution >= 0.6 is 0 Å². The third-order valence-electron chi connectivity index (χ3n) is 8.42. The average molecular weight is 491 g/mol. The first-order valence-electron chi connectivity index (χ1n) is 12.8. The van der Waals surface area contributed by atoms with E-state index in [0.29, 0.717) is 49.3 Å². The van der Waals surface area contributed by atoms with Crippen molar-refractivity contribution in [1.82, 2.24) is 20.0 Å². The summed E-state index contributed by atoms with van der Waals surface area (Å²) >= 11 is 0. The second kappa shape index (κ2) is 8.73. The second-order valence-electron chi connectivity index (χ2n) is 11.0. The molecule has 36 heavy (non-hydrogen) atoms. The number of aromatic nitrogens is 3. The van der Waals surface area contributed by atoms with Crippen LogP contribution in [0.4, 0.5) is 0 Å². The molecule has 1 aliphatic carbocycles. The highest BCUT2D eigenvalue weighted by atomic mass is 16.5. The van der Waals surface area contributed by atoms with Crippen molar-refractivity contribution in [2.45, 2.75) is 49.7 Å². The van der Waals surface area contributed by atoms with E-state index in [9.17, 15) is 5.11 Å². The predicted octanol–water partition coefficient (Wildman–Crippen LogP) is 3.85. The Morgan fingerprint density at radius 1 is 1.08 bits per heavy atom. The molecule has 1 saturated carbocycles. The lowest BCUT2D eigenvalue weighted by Crippen LogP contribution is -2.63. The van der Waals surface area contributed by atoms with Crippen LogP contribution in [0.1, 0.15) is 61.0 Å². The van der Waals surface area contributed by atoms with E-state index in [1.807, 2.05) is 6.07 Å². The van der Waals surface area contributed by atoms with E-state index in [0.717, 1.165) is 24.2 Å². The van der Waals surface area contributed by atoms with Gasteiger partial charge in [-0.3, -0.25) is 4.98 Å². The van der Waals surface area contributed by atoms with Crippen molar-refractivity contribution in [2.75, 3.05) is 40.5 Å². The van der Waals surface area contributed by atoms with Gasteiger partial charge < -0.3 is 24.0 Å². The van der Waals surface area contributed by atoms with Gasteiger partial charge in [0.05, 0.1) is 5.56 Å². The molecule has 8 heteroatoms. The Labute approximate surface area is 211 Å². The van der Waals surface area contributed by atoms with Gasteiger partial charge in [-0.2, -0.15) is 4.98 Å². The highest BCUT2D eigenvalue weighted by Crippen LogP contribution is 2.51. The number of methoxy groups -OCH3 is 1. The number of likely N-dealkylation sites (tertiary alicyclic amines) is 1. The highest BCUT2D eigenvalue weighted by molar-refractivity contribution is 5.55. The van der Waals surface area contributed by atoms with E-state index in [1.165, 1.54) is 18.4 Å². The molecule has 0 unspecified atom stereocenters. The fourth-order valence-electron chi connectivity index (χ4n) is 6.15. The second-order valence-corrected chi connectivity index (χ2v) is 11.0. The summed E-state index contributed by atoms with van der Waals surface area (Å²) in [5, 5.41) is 16.8. The molecule has 3 aromatic rings.